The Kier molecular flexibility index (Phi) is 4.95. The van der Waals surface area contributed by atoms with Crippen molar-refractivity contribution in [2.75, 3.05) is 20.3 Å². The van der Waals surface area contributed by atoms with Gasteiger partial charge in [-0.25, -0.2) is 9.18 Å². The second-order valence-corrected chi connectivity index (χ2v) is 4.90. The van der Waals surface area contributed by atoms with Crippen molar-refractivity contribution in [3.63, 3.8) is 0 Å². The molecule has 0 N–H and O–H groups in total. The minimum atomic E-state index is -0.555. The summed E-state index contributed by atoms with van der Waals surface area (Å²) in [5.41, 5.74) is 0.117. The lowest BCUT2D eigenvalue weighted by Gasteiger charge is -2.27. The Morgan fingerprint density at radius 3 is 2.75 bits per heavy atom. The standard InChI is InChI=1S/C15H19FO4/c1-10(11-5-7-19-8-6-11)20-15(17)13-9-12(16)3-4-14(13)18-2/h3-4,9-11H,5-8H2,1-2H3/t10-/m1/s1. The predicted octanol–water partition coefficient (Wildman–Crippen LogP) is 2.81. The maximum Gasteiger partial charge on any atom is 0.342 e. The normalized spacial score (nSPS) is 17.6. The smallest absolute Gasteiger partial charge is 0.342 e. The highest BCUT2D eigenvalue weighted by Gasteiger charge is 2.25. The van der Waals surface area contributed by atoms with Crippen LogP contribution in [0.1, 0.15) is 30.1 Å². The van der Waals surface area contributed by atoms with Gasteiger partial charge in [-0.1, -0.05) is 0 Å². The molecule has 0 aromatic heterocycles. The lowest BCUT2D eigenvalue weighted by atomic mass is 9.95. The van der Waals surface area contributed by atoms with Crippen molar-refractivity contribution < 1.29 is 23.4 Å². The average molecular weight is 282 g/mol. The van der Waals surface area contributed by atoms with E-state index < -0.39 is 11.8 Å². The van der Waals surface area contributed by atoms with Gasteiger partial charge in [0, 0.05) is 19.1 Å². The van der Waals surface area contributed by atoms with Gasteiger partial charge in [0.1, 0.15) is 23.2 Å². The zero-order chi connectivity index (χ0) is 14.5. The molecule has 2 rings (SSSR count). The highest BCUT2D eigenvalue weighted by molar-refractivity contribution is 5.92. The van der Waals surface area contributed by atoms with Crippen molar-refractivity contribution in [1.82, 2.24) is 0 Å². The molecule has 110 valence electrons. The fraction of sp³-hybridized carbons (Fsp3) is 0.533. The minimum absolute atomic E-state index is 0.117. The van der Waals surface area contributed by atoms with E-state index in [4.69, 9.17) is 14.2 Å². The van der Waals surface area contributed by atoms with Crippen LogP contribution in [0.5, 0.6) is 5.75 Å². The van der Waals surface area contributed by atoms with Gasteiger partial charge >= 0.3 is 5.97 Å². The van der Waals surface area contributed by atoms with E-state index in [1.165, 1.54) is 19.2 Å². The number of benzene rings is 1. The van der Waals surface area contributed by atoms with Gasteiger partial charge in [0.2, 0.25) is 0 Å². The number of hydrogen-bond acceptors (Lipinski definition) is 4. The minimum Gasteiger partial charge on any atom is -0.496 e. The SMILES string of the molecule is COc1ccc(F)cc1C(=O)O[C@H](C)C1CCOCC1. The Balaban J connectivity index is 2.05. The molecule has 1 aliphatic rings. The molecule has 0 amide bonds. The van der Waals surface area contributed by atoms with Crippen LogP contribution in [-0.4, -0.2) is 32.4 Å². The number of hydrogen-bond donors (Lipinski definition) is 0. The number of esters is 1. The number of carbonyl (C=O) groups is 1. The molecular weight excluding hydrogens is 263 g/mol. The van der Waals surface area contributed by atoms with Crippen molar-refractivity contribution in [2.24, 2.45) is 5.92 Å². The number of rotatable bonds is 4. The second-order valence-electron chi connectivity index (χ2n) is 4.90. The van der Waals surface area contributed by atoms with Crippen LogP contribution >= 0.6 is 0 Å². The van der Waals surface area contributed by atoms with Gasteiger partial charge in [-0.15, -0.1) is 0 Å². The van der Waals surface area contributed by atoms with E-state index in [0.29, 0.717) is 19.0 Å². The molecular formula is C15H19FO4. The maximum absolute atomic E-state index is 13.3. The molecule has 0 aliphatic carbocycles. The quantitative estimate of drug-likeness (QED) is 0.797. The highest BCUT2D eigenvalue weighted by atomic mass is 19.1. The van der Waals surface area contributed by atoms with Crippen LogP contribution in [0.25, 0.3) is 0 Å². The molecule has 1 saturated heterocycles. The van der Waals surface area contributed by atoms with Crippen molar-refractivity contribution in [2.45, 2.75) is 25.9 Å². The second kappa shape index (κ2) is 6.70. The van der Waals surface area contributed by atoms with E-state index in [0.717, 1.165) is 18.9 Å². The summed E-state index contributed by atoms with van der Waals surface area (Å²) < 4.78 is 29.0. The van der Waals surface area contributed by atoms with Gasteiger partial charge < -0.3 is 14.2 Å². The van der Waals surface area contributed by atoms with E-state index in [1.54, 1.807) is 0 Å². The molecule has 1 fully saturated rings. The van der Waals surface area contributed by atoms with Gasteiger partial charge in [0.05, 0.1) is 7.11 Å². The van der Waals surface area contributed by atoms with Crippen LogP contribution < -0.4 is 4.74 Å². The zero-order valence-electron chi connectivity index (χ0n) is 11.7. The molecule has 0 radical (unpaired) electrons. The van der Waals surface area contributed by atoms with Crippen LogP contribution in [-0.2, 0) is 9.47 Å². The molecule has 4 nitrogen and oxygen atoms in total. The van der Waals surface area contributed by atoms with Crippen LogP contribution in [0.4, 0.5) is 4.39 Å². The largest absolute Gasteiger partial charge is 0.496 e. The summed E-state index contributed by atoms with van der Waals surface area (Å²) in [6.45, 7) is 3.24. The summed E-state index contributed by atoms with van der Waals surface area (Å²) in [6.07, 6.45) is 1.52. The summed E-state index contributed by atoms with van der Waals surface area (Å²) in [7, 11) is 1.44. The first kappa shape index (κ1) is 14.8. The van der Waals surface area contributed by atoms with E-state index in [2.05, 4.69) is 0 Å². The zero-order valence-corrected chi connectivity index (χ0v) is 11.7. The molecule has 1 heterocycles. The van der Waals surface area contributed by atoms with Gasteiger partial charge in [-0.2, -0.15) is 0 Å². The Bertz CT molecular complexity index is 469. The average Bonchev–Trinajstić information content (AvgIpc) is 2.48. The number of methoxy groups -OCH3 is 1. The third-order valence-electron chi connectivity index (χ3n) is 3.60. The molecule has 0 bridgehead atoms. The van der Waals surface area contributed by atoms with Crippen molar-refractivity contribution >= 4 is 5.97 Å². The summed E-state index contributed by atoms with van der Waals surface area (Å²) in [4.78, 5) is 12.1. The van der Waals surface area contributed by atoms with Crippen LogP contribution in [0.15, 0.2) is 18.2 Å². The van der Waals surface area contributed by atoms with E-state index in [-0.39, 0.29) is 17.6 Å². The van der Waals surface area contributed by atoms with E-state index in [9.17, 15) is 9.18 Å². The summed E-state index contributed by atoms with van der Waals surface area (Å²) in [5.74, 6) is -0.445. The monoisotopic (exact) mass is 282 g/mol. The first-order chi connectivity index (χ1) is 9.61. The first-order valence-electron chi connectivity index (χ1n) is 6.74. The maximum atomic E-state index is 13.3. The summed E-state index contributed by atoms with van der Waals surface area (Å²) in [5, 5.41) is 0. The number of ether oxygens (including phenoxy) is 3. The fourth-order valence-corrected chi connectivity index (χ4v) is 2.35. The van der Waals surface area contributed by atoms with Gasteiger partial charge in [-0.3, -0.25) is 0 Å². The molecule has 0 saturated carbocycles. The molecule has 5 heteroatoms. The fourth-order valence-electron chi connectivity index (χ4n) is 2.35. The first-order valence-corrected chi connectivity index (χ1v) is 6.74. The van der Waals surface area contributed by atoms with Gasteiger partial charge in [0.15, 0.2) is 0 Å². The highest BCUT2D eigenvalue weighted by Crippen LogP contribution is 2.24. The van der Waals surface area contributed by atoms with E-state index in [1.807, 2.05) is 6.92 Å². The van der Waals surface area contributed by atoms with Crippen LogP contribution in [0, 0.1) is 11.7 Å². The van der Waals surface area contributed by atoms with Crippen molar-refractivity contribution in [3.05, 3.63) is 29.6 Å². The Morgan fingerprint density at radius 2 is 2.10 bits per heavy atom. The third-order valence-corrected chi connectivity index (χ3v) is 3.60. The molecule has 1 aromatic rings. The van der Waals surface area contributed by atoms with Crippen LogP contribution in [0.2, 0.25) is 0 Å². The van der Waals surface area contributed by atoms with Crippen molar-refractivity contribution in [1.29, 1.82) is 0 Å². The summed E-state index contributed by atoms with van der Waals surface area (Å²) >= 11 is 0. The Morgan fingerprint density at radius 1 is 1.40 bits per heavy atom. The Hall–Kier alpha value is -1.62. The third kappa shape index (κ3) is 3.48. The van der Waals surface area contributed by atoms with Gasteiger partial charge in [0.25, 0.3) is 0 Å². The number of carbonyl (C=O) groups excluding carboxylic acids is 1. The van der Waals surface area contributed by atoms with Crippen LogP contribution in [0.3, 0.4) is 0 Å². The van der Waals surface area contributed by atoms with Crippen molar-refractivity contribution in [3.8, 4) is 5.75 Å². The van der Waals surface area contributed by atoms with E-state index >= 15 is 0 Å². The molecule has 20 heavy (non-hydrogen) atoms. The topological polar surface area (TPSA) is 44.8 Å². The summed E-state index contributed by atoms with van der Waals surface area (Å²) in [6, 6.07) is 3.81. The molecule has 1 atom stereocenters. The molecule has 0 unspecified atom stereocenters. The lowest BCUT2D eigenvalue weighted by Crippen LogP contribution is -2.29. The number of halogens is 1. The molecule has 0 spiro atoms. The molecule has 1 aliphatic heterocycles. The lowest BCUT2D eigenvalue weighted by molar-refractivity contribution is -0.0120. The van der Waals surface area contributed by atoms with Gasteiger partial charge in [-0.05, 0) is 38.0 Å². The molecule has 1 aromatic carbocycles. The Labute approximate surface area is 117 Å². The predicted molar refractivity (Wildman–Crippen MR) is 71.4 cm³/mol.